The lowest BCUT2D eigenvalue weighted by atomic mass is 10.0. The van der Waals surface area contributed by atoms with E-state index in [2.05, 4.69) is 0 Å². The molecule has 0 aromatic heterocycles. The third kappa shape index (κ3) is 2.05. The Morgan fingerprint density at radius 2 is 2.06 bits per heavy atom. The summed E-state index contributed by atoms with van der Waals surface area (Å²) in [7, 11) is 1.38. The number of carbonyl (C=O) groups is 1. The van der Waals surface area contributed by atoms with E-state index in [1.807, 2.05) is 0 Å². The highest BCUT2D eigenvalue weighted by atomic mass is 19.1. The second-order valence-corrected chi connectivity index (χ2v) is 3.71. The quantitative estimate of drug-likeness (QED) is 0.847. The molecule has 0 aliphatic carbocycles. The fourth-order valence-electron chi connectivity index (χ4n) is 1.70. The molecule has 0 heterocycles. The second kappa shape index (κ2) is 4.87. The Morgan fingerprint density at radius 1 is 1.28 bits per heavy atom. The first-order valence-corrected chi connectivity index (χ1v) is 5.28. The number of hydrogen-bond donors (Lipinski definition) is 1. The van der Waals surface area contributed by atoms with Crippen molar-refractivity contribution in [2.45, 2.75) is 0 Å². The molecule has 92 valence electrons. The van der Waals surface area contributed by atoms with Gasteiger partial charge >= 0.3 is 0 Å². The van der Waals surface area contributed by atoms with Gasteiger partial charge in [0.2, 0.25) is 0 Å². The fraction of sp³-hybridized carbons (Fsp3) is 0.0714. The molecule has 0 saturated carbocycles. The largest absolute Gasteiger partial charge is 0.507 e. The maximum Gasteiger partial charge on any atom is 0.172 e. The molecule has 0 unspecified atom stereocenters. The fourth-order valence-corrected chi connectivity index (χ4v) is 1.70. The molecule has 0 aliphatic rings. The number of rotatable bonds is 3. The Bertz CT molecular complexity index is 594. The van der Waals surface area contributed by atoms with Crippen LogP contribution in [0.5, 0.6) is 11.5 Å². The Kier molecular flexibility index (Phi) is 3.28. The first kappa shape index (κ1) is 12.1. The van der Waals surface area contributed by atoms with Crippen LogP contribution in [-0.2, 0) is 0 Å². The topological polar surface area (TPSA) is 46.5 Å². The van der Waals surface area contributed by atoms with Gasteiger partial charge in [-0.3, -0.25) is 4.79 Å². The van der Waals surface area contributed by atoms with E-state index in [0.717, 1.165) is 0 Å². The lowest BCUT2D eigenvalue weighted by Gasteiger charge is -2.08. The summed E-state index contributed by atoms with van der Waals surface area (Å²) in [6.45, 7) is 0. The highest BCUT2D eigenvalue weighted by Crippen LogP contribution is 2.31. The summed E-state index contributed by atoms with van der Waals surface area (Å²) in [6, 6.07) is 9.10. The van der Waals surface area contributed by atoms with Gasteiger partial charge in [-0.15, -0.1) is 0 Å². The standard InChI is InChI=1S/C14H11FO3/c1-18-13-4-2-3-11(14(13)15)9-5-6-10(8-16)12(17)7-9/h2-8,17H,1H3. The number of aldehydes is 1. The molecule has 0 saturated heterocycles. The number of hydrogen-bond acceptors (Lipinski definition) is 3. The number of benzene rings is 2. The molecule has 0 fully saturated rings. The van der Waals surface area contributed by atoms with Crippen LogP contribution in [0.1, 0.15) is 10.4 Å². The lowest BCUT2D eigenvalue weighted by Crippen LogP contribution is -1.91. The van der Waals surface area contributed by atoms with Gasteiger partial charge in [0.15, 0.2) is 17.9 Å². The molecule has 1 N–H and O–H groups in total. The third-order valence-electron chi connectivity index (χ3n) is 2.65. The summed E-state index contributed by atoms with van der Waals surface area (Å²) < 4.78 is 18.9. The number of ether oxygens (including phenoxy) is 1. The van der Waals surface area contributed by atoms with Crippen LogP contribution in [0, 0.1) is 5.82 Å². The van der Waals surface area contributed by atoms with Crippen LogP contribution in [0.2, 0.25) is 0 Å². The minimum Gasteiger partial charge on any atom is -0.507 e. The normalized spacial score (nSPS) is 10.1. The van der Waals surface area contributed by atoms with Crippen molar-refractivity contribution in [1.29, 1.82) is 0 Å². The van der Waals surface area contributed by atoms with Gasteiger partial charge in [-0.05, 0) is 23.8 Å². The Balaban J connectivity index is 2.55. The number of halogens is 1. The van der Waals surface area contributed by atoms with E-state index < -0.39 is 5.82 Å². The van der Waals surface area contributed by atoms with Crippen LogP contribution in [-0.4, -0.2) is 18.5 Å². The minimum absolute atomic E-state index is 0.131. The predicted molar refractivity (Wildman–Crippen MR) is 65.4 cm³/mol. The molecule has 4 heteroatoms. The average molecular weight is 246 g/mol. The predicted octanol–water partition coefficient (Wildman–Crippen LogP) is 3.02. The second-order valence-electron chi connectivity index (χ2n) is 3.71. The van der Waals surface area contributed by atoms with Crippen molar-refractivity contribution in [1.82, 2.24) is 0 Å². The Labute approximate surface area is 103 Å². The van der Waals surface area contributed by atoms with Crippen molar-refractivity contribution in [2.75, 3.05) is 7.11 Å². The highest BCUT2D eigenvalue weighted by Gasteiger charge is 2.11. The van der Waals surface area contributed by atoms with Crippen LogP contribution in [0.15, 0.2) is 36.4 Å². The van der Waals surface area contributed by atoms with E-state index in [9.17, 15) is 14.3 Å². The van der Waals surface area contributed by atoms with Crippen LogP contribution in [0.4, 0.5) is 4.39 Å². The number of phenols is 1. The third-order valence-corrected chi connectivity index (χ3v) is 2.65. The summed E-state index contributed by atoms with van der Waals surface area (Å²) >= 11 is 0. The van der Waals surface area contributed by atoms with Crippen molar-refractivity contribution < 1.29 is 19.0 Å². The number of aromatic hydroxyl groups is 1. The van der Waals surface area contributed by atoms with E-state index >= 15 is 0 Å². The smallest absolute Gasteiger partial charge is 0.172 e. The van der Waals surface area contributed by atoms with E-state index in [0.29, 0.717) is 17.4 Å². The molecule has 0 aliphatic heterocycles. The molecular weight excluding hydrogens is 235 g/mol. The molecule has 0 bridgehead atoms. The monoisotopic (exact) mass is 246 g/mol. The number of methoxy groups -OCH3 is 1. The van der Waals surface area contributed by atoms with Gasteiger partial charge in [-0.1, -0.05) is 18.2 Å². The lowest BCUT2D eigenvalue weighted by molar-refractivity contribution is 0.112. The molecule has 0 spiro atoms. The SMILES string of the molecule is COc1cccc(-c2ccc(C=O)c(O)c2)c1F. The first-order chi connectivity index (χ1) is 8.67. The summed E-state index contributed by atoms with van der Waals surface area (Å²) in [4.78, 5) is 10.6. The maximum absolute atomic E-state index is 14.0. The Hall–Kier alpha value is -2.36. The van der Waals surface area contributed by atoms with Crippen LogP contribution in [0.25, 0.3) is 11.1 Å². The van der Waals surface area contributed by atoms with Gasteiger partial charge in [-0.25, -0.2) is 4.39 Å². The van der Waals surface area contributed by atoms with E-state index in [4.69, 9.17) is 4.74 Å². The zero-order valence-electron chi connectivity index (χ0n) is 9.68. The maximum atomic E-state index is 14.0. The molecule has 3 nitrogen and oxygen atoms in total. The van der Waals surface area contributed by atoms with Crippen molar-refractivity contribution >= 4 is 6.29 Å². The van der Waals surface area contributed by atoms with E-state index in [1.165, 1.54) is 25.3 Å². The van der Waals surface area contributed by atoms with Gasteiger partial charge < -0.3 is 9.84 Å². The van der Waals surface area contributed by atoms with Crippen LogP contribution in [0.3, 0.4) is 0 Å². The van der Waals surface area contributed by atoms with Crippen molar-refractivity contribution in [3.63, 3.8) is 0 Å². The van der Waals surface area contributed by atoms with Crippen LogP contribution >= 0.6 is 0 Å². The highest BCUT2D eigenvalue weighted by molar-refractivity contribution is 5.81. The molecule has 0 radical (unpaired) electrons. The summed E-state index contributed by atoms with van der Waals surface area (Å²) in [5, 5.41) is 9.59. The van der Waals surface area contributed by atoms with Gasteiger partial charge in [0.1, 0.15) is 5.75 Å². The number of phenolic OH excluding ortho intramolecular Hbond substituents is 1. The summed E-state index contributed by atoms with van der Waals surface area (Å²) in [6.07, 6.45) is 0.543. The van der Waals surface area contributed by atoms with Gasteiger partial charge in [0.25, 0.3) is 0 Å². The van der Waals surface area contributed by atoms with Crippen LogP contribution < -0.4 is 4.74 Å². The van der Waals surface area contributed by atoms with E-state index in [-0.39, 0.29) is 17.1 Å². The average Bonchev–Trinajstić information content (AvgIpc) is 2.39. The summed E-state index contributed by atoms with van der Waals surface area (Å²) in [5.74, 6) is -0.547. The van der Waals surface area contributed by atoms with Crippen molar-refractivity contribution in [3.05, 3.63) is 47.8 Å². The molecule has 0 atom stereocenters. The molecule has 2 rings (SSSR count). The minimum atomic E-state index is -0.502. The first-order valence-electron chi connectivity index (χ1n) is 5.28. The van der Waals surface area contributed by atoms with Crippen molar-refractivity contribution in [3.8, 4) is 22.6 Å². The molecule has 2 aromatic carbocycles. The molecule has 18 heavy (non-hydrogen) atoms. The molecule has 0 amide bonds. The Morgan fingerprint density at radius 3 is 2.67 bits per heavy atom. The molecular formula is C14H11FO3. The van der Waals surface area contributed by atoms with E-state index in [1.54, 1.807) is 18.2 Å². The van der Waals surface area contributed by atoms with Gasteiger partial charge in [0.05, 0.1) is 12.7 Å². The number of carbonyl (C=O) groups excluding carboxylic acids is 1. The van der Waals surface area contributed by atoms with Gasteiger partial charge in [-0.2, -0.15) is 0 Å². The zero-order valence-corrected chi connectivity index (χ0v) is 9.68. The molecule has 2 aromatic rings. The van der Waals surface area contributed by atoms with Gasteiger partial charge in [0, 0.05) is 5.56 Å². The summed E-state index contributed by atoms with van der Waals surface area (Å²) in [5.41, 5.74) is 0.957. The zero-order chi connectivity index (χ0) is 13.1. The van der Waals surface area contributed by atoms with Crippen molar-refractivity contribution in [2.24, 2.45) is 0 Å².